The van der Waals surface area contributed by atoms with Gasteiger partial charge in [0.25, 0.3) is 0 Å². The van der Waals surface area contributed by atoms with Crippen molar-refractivity contribution >= 4 is 0 Å². The van der Waals surface area contributed by atoms with Crippen LogP contribution in [0, 0.1) is 45.9 Å². The maximum Gasteiger partial charge on any atom is 3.00 e. The molecule has 7 nitrogen and oxygen atoms in total. The number of aromatic nitrogens is 7. The van der Waals surface area contributed by atoms with Crippen LogP contribution in [0.25, 0.3) is 112 Å². The second kappa shape index (κ2) is 20.9. The number of aryl methyl sites for hydroxylation is 4. The van der Waals surface area contributed by atoms with Gasteiger partial charge in [0.2, 0.25) is 0 Å². The molecule has 8 heteroatoms. The van der Waals surface area contributed by atoms with E-state index < -0.39 is 0 Å². The van der Waals surface area contributed by atoms with Crippen LogP contribution in [0.1, 0.15) is 22.8 Å². The number of pyridine rings is 3. The van der Waals surface area contributed by atoms with Crippen LogP contribution < -0.4 is 0 Å². The standard InChI is InChI=1S/C67H48N7.Ir/c1-44-25-33-66(46(3)71-44)73-42-57(40-69-73)63-23-12-10-21-61(63)55-36-54(37-56(38-55)62-22-11-13-24-64(62)58-41-70-74(43-58)67-34-26-45(2)72-47(67)4)60-20-9-8-19-59(60)53-31-32-65(68-39-53)52-18-14-17-51(35-52)50-29-27-49(28-30-50)48-15-6-5-7-16-48;/h5-17,19-32,35-43H,1-4H3;/q-3;+3. The van der Waals surface area contributed by atoms with Crippen LogP contribution in [0.4, 0.5) is 0 Å². The molecule has 75 heavy (non-hydrogen) atoms. The van der Waals surface area contributed by atoms with Gasteiger partial charge in [-0.1, -0.05) is 179 Å². The largest absolute Gasteiger partial charge is 3.00 e. The van der Waals surface area contributed by atoms with E-state index in [1.807, 2.05) is 79.9 Å². The normalized spacial score (nSPS) is 11.1. The molecule has 0 atom stereocenters. The molecule has 0 radical (unpaired) electrons. The molecule has 7 aromatic carbocycles. The zero-order valence-electron chi connectivity index (χ0n) is 41.7. The summed E-state index contributed by atoms with van der Waals surface area (Å²) in [4.78, 5) is 14.5. The molecule has 12 rings (SSSR count). The van der Waals surface area contributed by atoms with Gasteiger partial charge in [0, 0.05) is 29.7 Å². The molecule has 5 heterocycles. The summed E-state index contributed by atoms with van der Waals surface area (Å²) in [5.74, 6) is 0. The zero-order valence-corrected chi connectivity index (χ0v) is 44.1. The molecule has 0 aliphatic carbocycles. The van der Waals surface area contributed by atoms with Crippen LogP contribution in [0.5, 0.6) is 0 Å². The number of hydrogen-bond donors (Lipinski definition) is 0. The first kappa shape index (κ1) is 48.3. The van der Waals surface area contributed by atoms with Gasteiger partial charge in [0.05, 0.1) is 12.4 Å². The van der Waals surface area contributed by atoms with Crippen LogP contribution in [-0.4, -0.2) is 34.5 Å². The summed E-state index contributed by atoms with van der Waals surface area (Å²) in [6.07, 6.45) is 9.97. The molecule has 0 spiro atoms. The molecule has 0 saturated carbocycles. The molecule has 12 aromatic rings. The molecule has 0 bridgehead atoms. The Balaban J connectivity index is 0.00000602. The first-order chi connectivity index (χ1) is 36.3. The SMILES string of the molecule is Cc1c[c-]c(-n2cc(-c3ccccc3-c3cc(-c4ccccc4-c4ccc(-c5[c-]ccc(-c6ccc(-c7ccccc7)cc6)c5)nc4)cc(-c4ccccc4-c4cnn(-c5[c-]cc(C)nc5C)c4)c3)cn2)c(C)n1.[Ir+3]. The Bertz CT molecular complexity index is 3850. The Morgan fingerprint density at radius 2 is 0.773 bits per heavy atom. The Hall–Kier alpha value is -8.94. The van der Waals surface area contributed by atoms with Crippen LogP contribution in [0.3, 0.4) is 0 Å². The van der Waals surface area contributed by atoms with Crippen molar-refractivity contribution in [2.24, 2.45) is 0 Å². The van der Waals surface area contributed by atoms with E-state index in [2.05, 4.69) is 204 Å². The summed E-state index contributed by atoms with van der Waals surface area (Å²) in [7, 11) is 0. The van der Waals surface area contributed by atoms with E-state index in [1.165, 1.54) is 11.1 Å². The van der Waals surface area contributed by atoms with Gasteiger partial charge in [-0.2, -0.15) is 34.5 Å². The van der Waals surface area contributed by atoms with Gasteiger partial charge in [-0.05, 0) is 119 Å². The molecule has 0 aliphatic rings. The van der Waals surface area contributed by atoms with Crippen LogP contribution in [-0.2, 0) is 20.1 Å². The van der Waals surface area contributed by atoms with Crippen molar-refractivity contribution < 1.29 is 20.1 Å². The molecule has 0 aliphatic heterocycles. The second-order valence-electron chi connectivity index (χ2n) is 18.6. The van der Waals surface area contributed by atoms with E-state index in [0.29, 0.717) is 0 Å². The van der Waals surface area contributed by atoms with Gasteiger partial charge < -0.3 is 15.0 Å². The Kier molecular flexibility index (Phi) is 13.5. The van der Waals surface area contributed by atoms with Crippen LogP contribution in [0.2, 0.25) is 0 Å². The first-order valence-corrected chi connectivity index (χ1v) is 24.7. The quantitative estimate of drug-likeness (QED) is 0.121. The molecular formula is C67H48IrN7. The second-order valence-corrected chi connectivity index (χ2v) is 18.6. The van der Waals surface area contributed by atoms with E-state index in [9.17, 15) is 0 Å². The number of hydrogen-bond acceptors (Lipinski definition) is 5. The molecule has 5 aromatic heterocycles. The molecule has 0 saturated heterocycles. The predicted molar refractivity (Wildman–Crippen MR) is 298 cm³/mol. The molecular weight excluding hydrogens is 1100 g/mol. The Morgan fingerprint density at radius 3 is 1.23 bits per heavy atom. The van der Waals surface area contributed by atoms with E-state index in [0.717, 1.165) is 123 Å². The zero-order chi connectivity index (χ0) is 50.1. The van der Waals surface area contributed by atoms with Crippen molar-refractivity contribution in [2.45, 2.75) is 27.7 Å². The number of nitrogens with zero attached hydrogens (tertiary/aromatic N) is 7. The predicted octanol–water partition coefficient (Wildman–Crippen LogP) is 15.9. The van der Waals surface area contributed by atoms with Gasteiger partial charge in [-0.3, -0.25) is 9.36 Å². The summed E-state index contributed by atoms with van der Waals surface area (Å²) in [6.45, 7) is 7.95. The third-order valence-corrected chi connectivity index (χ3v) is 13.6. The first-order valence-electron chi connectivity index (χ1n) is 24.7. The smallest absolute Gasteiger partial charge is 0.383 e. The van der Waals surface area contributed by atoms with Gasteiger partial charge in [0.15, 0.2) is 0 Å². The summed E-state index contributed by atoms with van der Waals surface area (Å²) in [6, 6.07) is 76.4. The summed E-state index contributed by atoms with van der Waals surface area (Å²) in [5, 5.41) is 9.64. The Labute approximate surface area is 451 Å². The summed E-state index contributed by atoms with van der Waals surface area (Å²) in [5.41, 5.74) is 24.3. The van der Waals surface area contributed by atoms with Crippen molar-refractivity contribution in [3.05, 3.63) is 260 Å². The average Bonchev–Trinajstić information content (AvgIpc) is 4.15. The third kappa shape index (κ3) is 9.85. The molecule has 360 valence electrons. The van der Waals surface area contributed by atoms with E-state index in [4.69, 9.17) is 15.2 Å². The van der Waals surface area contributed by atoms with Crippen molar-refractivity contribution in [3.63, 3.8) is 0 Å². The fraction of sp³-hybridized carbons (Fsp3) is 0.0597. The van der Waals surface area contributed by atoms with E-state index >= 15 is 0 Å². The van der Waals surface area contributed by atoms with Crippen molar-refractivity contribution in [1.82, 2.24) is 34.5 Å². The number of rotatable bonds is 11. The maximum atomic E-state index is 5.08. The van der Waals surface area contributed by atoms with Crippen LogP contribution in [0.15, 0.2) is 219 Å². The fourth-order valence-corrected chi connectivity index (χ4v) is 9.93. The van der Waals surface area contributed by atoms with Gasteiger partial charge in [-0.25, -0.2) is 0 Å². The van der Waals surface area contributed by atoms with Crippen molar-refractivity contribution in [3.8, 4) is 112 Å². The Morgan fingerprint density at radius 1 is 0.360 bits per heavy atom. The van der Waals surface area contributed by atoms with Gasteiger partial charge in [-0.15, -0.1) is 35.4 Å². The van der Waals surface area contributed by atoms with Crippen LogP contribution >= 0.6 is 0 Å². The molecule has 0 N–H and O–H groups in total. The van der Waals surface area contributed by atoms with Crippen molar-refractivity contribution in [2.75, 3.05) is 0 Å². The topological polar surface area (TPSA) is 74.3 Å². The number of benzene rings is 7. The van der Waals surface area contributed by atoms with E-state index in [-0.39, 0.29) is 20.1 Å². The third-order valence-electron chi connectivity index (χ3n) is 13.6. The average molecular weight is 1140 g/mol. The monoisotopic (exact) mass is 1140 g/mol. The minimum Gasteiger partial charge on any atom is -0.383 e. The minimum absolute atomic E-state index is 0. The maximum absolute atomic E-state index is 5.08. The van der Waals surface area contributed by atoms with Gasteiger partial charge >= 0.3 is 20.1 Å². The molecule has 0 fully saturated rings. The van der Waals surface area contributed by atoms with Gasteiger partial charge in [0.1, 0.15) is 0 Å². The minimum atomic E-state index is 0. The summed E-state index contributed by atoms with van der Waals surface area (Å²) >= 11 is 0. The van der Waals surface area contributed by atoms with Crippen molar-refractivity contribution in [1.29, 1.82) is 0 Å². The molecule has 0 unspecified atom stereocenters. The fourth-order valence-electron chi connectivity index (χ4n) is 9.93. The summed E-state index contributed by atoms with van der Waals surface area (Å²) < 4.78 is 3.74. The molecule has 0 amide bonds. The van der Waals surface area contributed by atoms with E-state index in [1.54, 1.807) is 0 Å².